The van der Waals surface area contributed by atoms with Crippen LogP contribution in [0.15, 0.2) is 9.59 Å². The molecule has 1 aromatic rings. The molecule has 2 N–H and O–H groups in total. The Bertz CT molecular complexity index is 296. The minimum absolute atomic E-state index is 0.0139. The lowest BCUT2D eigenvalue weighted by Crippen LogP contribution is -2.32. The summed E-state index contributed by atoms with van der Waals surface area (Å²) in [5.74, 6) is -0.456. The van der Waals surface area contributed by atoms with E-state index in [0.717, 1.165) is 0 Å². The van der Waals surface area contributed by atoms with Crippen molar-refractivity contribution in [3.8, 4) is 5.75 Å². The molecule has 0 aromatic heterocycles. The second-order valence-electron chi connectivity index (χ2n) is 1.63. The normalized spacial score (nSPS) is 8.64. The first-order valence-electron chi connectivity index (χ1n) is 3.38. The average molecular weight is 157 g/mol. The first kappa shape index (κ1) is 9.68. The molecular formula is C7H11NO3. The van der Waals surface area contributed by atoms with E-state index in [-0.39, 0.29) is 5.69 Å². The van der Waals surface area contributed by atoms with Gasteiger partial charge in [0.1, 0.15) is 5.69 Å². The highest BCUT2D eigenvalue weighted by atomic mass is 16.3. The maximum atomic E-state index is 10.4. The predicted octanol–water partition coefficient (Wildman–Crippen LogP) is 0.0561. The molecule has 0 fully saturated rings. The van der Waals surface area contributed by atoms with Crippen LogP contribution in [0.25, 0.3) is 0 Å². The fraction of sp³-hybridized carbons (Fsp3) is 0.429. The van der Waals surface area contributed by atoms with E-state index in [1.54, 1.807) is 0 Å². The fourth-order valence-corrected chi connectivity index (χ4v) is 0.612. The minimum Gasteiger partial charge on any atom is -0.502 e. The molecule has 0 radical (unpaired) electrons. The van der Waals surface area contributed by atoms with Crippen LogP contribution >= 0.6 is 0 Å². The van der Waals surface area contributed by atoms with E-state index in [4.69, 9.17) is 5.11 Å². The summed E-state index contributed by atoms with van der Waals surface area (Å²) >= 11 is 0. The van der Waals surface area contributed by atoms with Crippen LogP contribution < -0.4 is 16.2 Å². The molecule has 0 heterocycles. The van der Waals surface area contributed by atoms with Gasteiger partial charge in [0.05, 0.1) is 0 Å². The van der Waals surface area contributed by atoms with Crippen LogP contribution in [-0.4, -0.2) is 12.2 Å². The summed E-state index contributed by atoms with van der Waals surface area (Å²) in [6.45, 7) is 4.00. The lowest BCUT2D eigenvalue weighted by molar-refractivity contribution is 0.466. The Morgan fingerprint density at radius 2 is 1.64 bits per heavy atom. The van der Waals surface area contributed by atoms with Gasteiger partial charge in [-0.3, -0.25) is 9.59 Å². The average Bonchev–Trinajstić information content (AvgIpc) is 2.08. The summed E-state index contributed by atoms with van der Waals surface area (Å²) in [5.41, 5.74) is -1.44. The van der Waals surface area contributed by atoms with Gasteiger partial charge in [0.2, 0.25) is 0 Å². The maximum Gasteiger partial charge on any atom is 0.271 e. The van der Waals surface area contributed by atoms with Crippen LogP contribution in [0.1, 0.15) is 13.8 Å². The Hall–Kier alpha value is -1.32. The first-order chi connectivity index (χ1) is 5.18. The van der Waals surface area contributed by atoms with Crippen LogP contribution in [0.5, 0.6) is 5.75 Å². The topological polar surface area (TPSA) is 66.4 Å². The van der Waals surface area contributed by atoms with E-state index in [2.05, 4.69) is 5.32 Å². The van der Waals surface area contributed by atoms with Crippen molar-refractivity contribution in [2.45, 2.75) is 13.8 Å². The second kappa shape index (κ2) is 3.75. The van der Waals surface area contributed by atoms with Crippen molar-refractivity contribution < 1.29 is 5.11 Å². The zero-order chi connectivity index (χ0) is 9.02. The van der Waals surface area contributed by atoms with Crippen LogP contribution in [0.2, 0.25) is 0 Å². The van der Waals surface area contributed by atoms with Crippen molar-refractivity contribution in [1.82, 2.24) is 0 Å². The van der Waals surface area contributed by atoms with Crippen molar-refractivity contribution in [1.29, 1.82) is 0 Å². The molecule has 1 rings (SSSR count). The fourth-order valence-electron chi connectivity index (χ4n) is 0.612. The molecule has 0 aliphatic carbocycles. The van der Waals surface area contributed by atoms with Gasteiger partial charge in [0.25, 0.3) is 10.9 Å². The number of nitrogens with one attached hydrogen (secondary N) is 1. The van der Waals surface area contributed by atoms with Gasteiger partial charge in [-0.25, -0.2) is 0 Å². The van der Waals surface area contributed by atoms with Gasteiger partial charge in [0.15, 0.2) is 5.75 Å². The van der Waals surface area contributed by atoms with Gasteiger partial charge >= 0.3 is 0 Å². The van der Waals surface area contributed by atoms with Crippen LogP contribution in [0.3, 0.4) is 0 Å². The molecule has 4 nitrogen and oxygen atoms in total. The van der Waals surface area contributed by atoms with E-state index < -0.39 is 16.6 Å². The standard InChI is InChI=1S/C5H5NO3.C2H6/c1-6-2-3(7)5(9)4(2)8;1-2/h6-7H,1H3;1-2H3. The molecule has 0 amide bonds. The van der Waals surface area contributed by atoms with Crippen LogP contribution in [0.4, 0.5) is 5.69 Å². The highest BCUT2D eigenvalue weighted by Gasteiger charge is 2.17. The Morgan fingerprint density at radius 1 is 1.18 bits per heavy atom. The van der Waals surface area contributed by atoms with E-state index in [1.807, 2.05) is 13.8 Å². The molecule has 1 aromatic carbocycles. The third kappa shape index (κ3) is 1.39. The molecule has 11 heavy (non-hydrogen) atoms. The van der Waals surface area contributed by atoms with Crippen molar-refractivity contribution >= 4 is 5.69 Å². The zero-order valence-electron chi connectivity index (χ0n) is 6.76. The third-order valence-corrected chi connectivity index (χ3v) is 1.14. The van der Waals surface area contributed by atoms with E-state index in [9.17, 15) is 9.59 Å². The van der Waals surface area contributed by atoms with Gasteiger partial charge in [-0.05, 0) is 0 Å². The number of anilines is 1. The predicted molar refractivity (Wildman–Crippen MR) is 43.9 cm³/mol. The Morgan fingerprint density at radius 3 is 1.82 bits per heavy atom. The van der Waals surface area contributed by atoms with Crippen molar-refractivity contribution in [2.75, 3.05) is 12.4 Å². The molecule has 0 unspecified atom stereocenters. The molecule has 0 saturated heterocycles. The molecule has 0 bridgehead atoms. The van der Waals surface area contributed by atoms with Gasteiger partial charge in [0, 0.05) is 7.05 Å². The number of rotatable bonds is 1. The molecule has 0 spiro atoms. The quantitative estimate of drug-likeness (QED) is 0.565. The van der Waals surface area contributed by atoms with Gasteiger partial charge in [-0.2, -0.15) is 0 Å². The SMILES string of the molecule is CC.CNc1c(O)c(=O)c1=O. The monoisotopic (exact) mass is 157 g/mol. The van der Waals surface area contributed by atoms with Gasteiger partial charge < -0.3 is 10.4 Å². The summed E-state index contributed by atoms with van der Waals surface area (Å²) in [6, 6.07) is 0. The molecule has 62 valence electrons. The Labute approximate surface area is 64.2 Å². The largest absolute Gasteiger partial charge is 0.502 e. The molecule has 4 heteroatoms. The lowest BCUT2D eigenvalue weighted by atomic mass is 10.2. The Kier molecular flexibility index (Phi) is 3.30. The second-order valence-corrected chi connectivity index (χ2v) is 1.63. The van der Waals surface area contributed by atoms with Crippen molar-refractivity contribution in [3.63, 3.8) is 0 Å². The summed E-state index contributed by atoms with van der Waals surface area (Å²) in [4.78, 5) is 20.6. The van der Waals surface area contributed by atoms with Gasteiger partial charge in [-0.15, -0.1) is 0 Å². The maximum absolute atomic E-state index is 10.4. The zero-order valence-corrected chi connectivity index (χ0v) is 6.76. The Balaban J connectivity index is 0.000000461. The van der Waals surface area contributed by atoms with Gasteiger partial charge in [-0.1, -0.05) is 13.8 Å². The summed E-state index contributed by atoms with van der Waals surface area (Å²) in [6.07, 6.45) is 0. The lowest BCUT2D eigenvalue weighted by Gasteiger charge is -2.01. The van der Waals surface area contributed by atoms with E-state index in [0.29, 0.717) is 0 Å². The van der Waals surface area contributed by atoms with Crippen molar-refractivity contribution in [3.05, 3.63) is 20.4 Å². The molecule has 0 saturated carbocycles. The number of aromatic hydroxyl groups is 1. The highest BCUT2D eigenvalue weighted by Crippen LogP contribution is 2.12. The third-order valence-electron chi connectivity index (χ3n) is 1.14. The summed E-state index contributed by atoms with van der Waals surface area (Å²) < 4.78 is 0. The molecular weight excluding hydrogens is 146 g/mol. The summed E-state index contributed by atoms with van der Waals surface area (Å²) in [5, 5.41) is 11.0. The molecule has 0 aliphatic heterocycles. The molecule has 0 atom stereocenters. The van der Waals surface area contributed by atoms with E-state index in [1.165, 1.54) is 7.05 Å². The molecule has 0 aliphatic rings. The van der Waals surface area contributed by atoms with Crippen molar-refractivity contribution in [2.24, 2.45) is 0 Å². The minimum atomic E-state index is -0.806. The number of hydrogen-bond acceptors (Lipinski definition) is 4. The smallest absolute Gasteiger partial charge is 0.271 e. The summed E-state index contributed by atoms with van der Waals surface area (Å²) in [7, 11) is 1.47. The van der Waals surface area contributed by atoms with Crippen LogP contribution in [-0.2, 0) is 0 Å². The number of hydrogen-bond donors (Lipinski definition) is 2. The van der Waals surface area contributed by atoms with Crippen LogP contribution in [0, 0.1) is 0 Å². The first-order valence-corrected chi connectivity index (χ1v) is 3.38. The highest BCUT2D eigenvalue weighted by molar-refractivity contribution is 5.60. The van der Waals surface area contributed by atoms with E-state index >= 15 is 0 Å².